The smallest absolute Gasteiger partial charge is 0.0945 e. The molecule has 2 rings (SSSR count). The monoisotopic (exact) mass is 325 g/mol. The first-order valence-electron chi connectivity index (χ1n) is 6.63. The Morgan fingerprint density at radius 1 is 0.952 bits per heavy atom. The van der Waals surface area contributed by atoms with Gasteiger partial charge in [-0.05, 0) is 42.0 Å². The van der Waals surface area contributed by atoms with E-state index >= 15 is 0 Å². The van der Waals surface area contributed by atoms with Crippen LogP contribution < -0.4 is 5.32 Å². The third-order valence-electron chi connectivity index (χ3n) is 2.88. The van der Waals surface area contributed by atoms with Crippen molar-refractivity contribution in [2.24, 2.45) is 0 Å². The lowest BCUT2D eigenvalue weighted by Crippen LogP contribution is -2.24. The largest absolute Gasteiger partial charge is 0.389 e. The maximum absolute atomic E-state index is 9.85. The molecule has 1 atom stereocenters. The fourth-order valence-corrected chi connectivity index (χ4v) is 2.01. The molecule has 0 bridgehead atoms. The number of aliphatic hydroxyl groups is 1. The van der Waals surface area contributed by atoms with Crippen LogP contribution in [0, 0.1) is 0 Å². The lowest BCUT2D eigenvalue weighted by atomic mass is 10.2. The van der Waals surface area contributed by atoms with E-state index < -0.39 is 6.10 Å². The Kier molecular flexibility index (Phi) is 6.33. The lowest BCUT2D eigenvalue weighted by Gasteiger charge is -2.13. The first-order valence-corrected chi connectivity index (χ1v) is 7.39. The molecular weight excluding hydrogens is 309 g/mol. The average molecular weight is 326 g/mol. The zero-order valence-corrected chi connectivity index (χ0v) is 12.9. The first kappa shape index (κ1) is 16.1. The summed E-state index contributed by atoms with van der Waals surface area (Å²) < 4.78 is 5.47. The number of halogens is 2. The fraction of sp³-hybridized carbons (Fsp3) is 0.250. The molecule has 2 aromatic rings. The Morgan fingerprint density at radius 2 is 1.52 bits per heavy atom. The van der Waals surface area contributed by atoms with Crippen LogP contribution in [-0.2, 0) is 11.3 Å². The van der Waals surface area contributed by atoms with Crippen LogP contribution in [0.4, 0.5) is 5.69 Å². The minimum atomic E-state index is -0.576. The van der Waals surface area contributed by atoms with Gasteiger partial charge in [-0.3, -0.25) is 0 Å². The number of rotatable bonds is 7. The summed E-state index contributed by atoms with van der Waals surface area (Å²) in [5.41, 5.74) is 1.94. The van der Waals surface area contributed by atoms with Crippen molar-refractivity contribution in [2.75, 3.05) is 18.5 Å². The molecule has 112 valence electrons. The number of anilines is 1. The number of hydrogen-bond donors (Lipinski definition) is 2. The van der Waals surface area contributed by atoms with Crippen LogP contribution in [0.2, 0.25) is 10.0 Å². The van der Waals surface area contributed by atoms with Crippen LogP contribution >= 0.6 is 23.2 Å². The van der Waals surface area contributed by atoms with Gasteiger partial charge in [0.2, 0.25) is 0 Å². The van der Waals surface area contributed by atoms with Crippen molar-refractivity contribution in [3.63, 3.8) is 0 Å². The van der Waals surface area contributed by atoms with Gasteiger partial charge >= 0.3 is 0 Å². The van der Waals surface area contributed by atoms with Crippen molar-refractivity contribution in [1.29, 1.82) is 0 Å². The highest BCUT2D eigenvalue weighted by Crippen LogP contribution is 2.13. The van der Waals surface area contributed by atoms with Crippen molar-refractivity contribution in [3.05, 3.63) is 64.1 Å². The van der Waals surface area contributed by atoms with Crippen molar-refractivity contribution in [3.8, 4) is 0 Å². The molecule has 0 fully saturated rings. The summed E-state index contributed by atoms with van der Waals surface area (Å²) in [7, 11) is 0. The molecule has 0 spiro atoms. The van der Waals surface area contributed by atoms with Crippen LogP contribution in [0.15, 0.2) is 48.5 Å². The maximum Gasteiger partial charge on any atom is 0.0945 e. The van der Waals surface area contributed by atoms with Crippen LogP contribution in [-0.4, -0.2) is 24.4 Å². The molecule has 0 heterocycles. The molecule has 1 unspecified atom stereocenters. The summed E-state index contributed by atoms with van der Waals surface area (Å²) in [5.74, 6) is 0. The highest BCUT2D eigenvalue weighted by molar-refractivity contribution is 6.30. The van der Waals surface area contributed by atoms with Crippen LogP contribution in [0.25, 0.3) is 0 Å². The molecule has 0 aromatic heterocycles. The number of nitrogens with one attached hydrogen (secondary N) is 1. The minimum Gasteiger partial charge on any atom is -0.389 e. The zero-order chi connectivity index (χ0) is 15.1. The number of hydrogen-bond acceptors (Lipinski definition) is 3. The standard InChI is InChI=1S/C16H17Cl2NO2/c17-13-3-1-12(2-4-13)10-21-11-16(20)9-19-15-7-5-14(18)6-8-15/h1-8,16,19-20H,9-11H2. The molecule has 2 aromatic carbocycles. The summed E-state index contributed by atoms with van der Waals surface area (Å²) in [6, 6.07) is 14.8. The van der Waals surface area contributed by atoms with Crippen molar-refractivity contribution in [2.45, 2.75) is 12.7 Å². The molecule has 21 heavy (non-hydrogen) atoms. The van der Waals surface area contributed by atoms with Gasteiger partial charge in [-0.1, -0.05) is 35.3 Å². The van der Waals surface area contributed by atoms with E-state index in [4.69, 9.17) is 27.9 Å². The number of benzene rings is 2. The van der Waals surface area contributed by atoms with E-state index in [1.165, 1.54) is 0 Å². The predicted molar refractivity (Wildman–Crippen MR) is 87.1 cm³/mol. The van der Waals surface area contributed by atoms with Gasteiger partial charge in [0, 0.05) is 22.3 Å². The Morgan fingerprint density at radius 3 is 2.14 bits per heavy atom. The lowest BCUT2D eigenvalue weighted by molar-refractivity contribution is 0.0348. The summed E-state index contributed by atoms with van der Waals surface area (Å²) in [6.45, 7) is 1.14. The number of aliphatic hydroxyl groups excluding tert-OH is 1. The van der Waals surface area contributed by atoms with E-state index in [-0.39, 0.29) is 6.61 Å². The number of ether oxygens (including phenoxy) is 1. The van der Waals surface area contributed by atoms with E-state index in [1.807, 2.05) is 36.4 Å². The summed E-state index contributed by atoms with van der Waals surface area (Å²) in [5, 5.41) is 14.4. The summed E-state index contributed by atoms with van der Waals surface area (Å²) in [4.78, 5) is 0. The predicted octanol–water partition coefficient (Wildman–Crippen LogP) is 3.98. The van der Waals surface area contributed by atoms with E-state index in [1.54, 1.807) is 12.1 Å². The van der Waals surface area contributed by atoms with E-state index in [0.717, 1.165) is 11.3 Å². The van der Waals surface area contributed by atoms with Crippen molar-refractivity contribution in [1.82, 2.24) is 0 Å². The molecule has 0 saturated heterocycles. The molecule has 0 radical (unpaired) electrons. The Labute approximate surface area is 134 Å². The third-order valence-corrected chi connectivity index (χ3v) is 3.38. The van der Waals surface area contributed by atoms with Gasteiger partial charge in [0.05, 0.1) is 19.3 Å². The van der Waals surface area contributed by atoms with E-state index in [0.29, 0.717) is 23.2 Å². The van der Waals surface area contributed by atoms with E-state index in [2.05, 4.69) is 5.32 Å². The zero-order valence-electron chi connectivity index (χ0n) is 11.4. The minimum absolute atomic E-state index is 0.267. The molecule has 2 N–H and O–H groups in total. The Hall–Kier alpha value is -1.26. The molecule has 3 nitrogen and oxygen atoms in total. The van der Waals surface area contributed by atoms with Gasteiger partial charge in [-0.2, -0.15) is 0 Å². The maximum atomic E-state index is 9.85. The summed E-state index contributed by atoms with van der Waals surface area (Å²) >= 11 is 11.6. The van der Waals surface area contributed by atoms with E-state index in [9.17, 15) is 5.11 Å². The molecule has 0 amide bonds. The highest BCUT2D eigenvalue weighted by atomic mass is 35.5. The van der Waals surface area contributed by atoms with Crippen molar-refractivity contribution < 1.29 is 9.84 Å². The summed E-state index contributed by atoms with van der Waals surface area (Å²) in [6.07, 6.45) is -0.576. The SMILES string of the molecule is OC(CNc1ccc(Cl)cc1)COCc1ccc(Cl)cc1. The normalized spacial score (nSPS) is 12.1. The second-order valence-corrected chi connectivity index (χ2v) is 5.56. The average Bonchev–Trinajstić information content (AvgIpc) is 2.49. The molecule has 0 saturated carbocycles. The van der Waals surface area contributed by atoms with Crippen LogP contribution in [0.3, 0.4) is 0 Å². The quantitative estimate of drug-likeness (QED) is 0.808. The Bertz CT molecular complexity index is 543. The Balaban J connectivity index is 1.66. The fourth-order valence-electron chi connectivity index (χ4n) is 1.76. The second kappa shape index (κ2) is 8.25. The molecule has 0 aliphatic heterocycles. The van der Waals surface area contributed by atoms with Crippen LogP contribution in [0.5, 0.6) is 0 Å². The van der Waals surface area contributed by atoms with Gasteiger partial charge in [-0.15, -0.1) is 0 Å². The topological polar surface area (TPSA) is 41.5 Å². The molecule has 0 aliphatic carbocycles. The van der Waals surface area contributed by atoms with Gasteiger partial charge < -0.3 is 15.2 Å². The highest BCUT2D eigenvalue weighted by Gasteiger charge is 2.04. The van der Waals surface area contributed by atoms with Gasteiger partial charge in [0.1, 0.15) is 0 Å². The third kappa shape index (κ3) is 5.94. The van der Waals surface area contributed by atoms with Gasteiger partial charge in [-0.25, -0.2) is 0 Å². The van der Waals surface area contributed by atoms with Crippen molar-refractivity contribution >= 4 is 28.9 Å². The van der Waals surface area contributed by atoms with Gasteiger partial charge in [0.25, 0.3) is 0 Å². The van der Waals surface area contributed by atoms with Crippen LogP contribution in [0.1, 0.15) is 5.56 Å². The second-order valence-electron chi connectivity index (χ2n) is 4.68. The molecular formula is C16H17Cl2NO2. The molecule has 0 aliphatic rings. The molecule has 5 heteroatoms. The first-order chi connectivity index (χ1) is 10.1. The van der Waals surface area contributed by atoms with Gasteiger partial charge in [0.15, 0.2) is 0 Å².